The van der Waals surface area contributed by atoms with E-state index >= 15 is 0 Å². The number of esters is 2. The number of carbonyl (C=O) groups excluding carboxylic acids is 2. The molecule has 2 spiro atoms. The van der Waals surface area contributed by atoms with Crippen molar-refractivity contribution >= 4 is 11.9 Å². The van der Waals surface area contributed by atoms with Crippen molar-refractivity contribution in [2.45, 2.75) is 105 Å². The fourth-order valence-electron chi connectivity index (χ4n) is 7.29. The molecule has 0 radical (unpaired) electrons. The van der Waals surface area contributed by atoms with Crippen molar-refractivity contribution in [2.75, 3.05) is 13.2 Å². The molecule has 4 atom stereocenters. The summed E-state index contributed by atoms with van der Waals surface area (Å²) < 4.78 is 11.8. The summed E-state index contributed by atoms with van der Waals surface area (Å²) in [5.41, 5.74) is -1.90. The molecule has 2 saturated heterocycles. The maximum atomic E-state index is 13.6. The first-order valence-corrected chi connectivity index (χ1v) is 11.8. The largest absolute Gasteiger partial charge is 0.465 e. The second-order valence-electron chi connectivity index (χ2n) is 9.64. The van der Waals surface area contributed by atoms with Crippen LogP contribution in [0.1, 0.15) is 105 Å². The van der Waals surface area contributed by atoms with Crippen LogP contribution in [0.15, 0.2) is 0 Å². The maximum Gasteiger partial charge on any atom is 0.313 e. The molecule has 1 aliphatic carbocycles. The molecule has 0 N–H and O–H groups in total. The highest BCUT2D eigenvalue weighted by atomic mass is 16.6. The Morgan fingerprint density at radius 1 is 0.714 bits per heavy atom. The molecule has 4 heteroatoms. The van der Waals surface area contributed by atoms with Crippen LogP contribution in [0.4, 0.5) is 0 Å². The maximum absolute atomic E-state index is 13.6. The third-order valence-corrected chi connectivity index (χ3v) is 8.92. The summed E-state index contributed by atoms with van der Waals surface area (Å²) in [6.07, 6.45) is 11.6. The second kappa shape index (κ2) is 7.99. The Balaban J connectivity index is 2.23. The quantitative estimate of drug-likeness (QED) is 0.488. The zero-order chi connectivity index (χ0) is 20.5. The van der Waals surface area contributed by atoms with Gasteiger partial charge >= 0.3 is 11.9 Å². The van der Waals surface area contributed by atoms with Crippen LogP contribution in [0.25, 0.3) is 0 Å². The van der Waals surface area contributed by atoms with Gasteiger partial charge < -0.3 is 9.47 Å². The molecule has 3 aliphatic rings. The number of cyclic esters (lactones) is 2. The molecule has 0 bridgehead atoms. The monoisotopic (exact) mass is 392 g/mol. The van der Waals surface area contributed by atoms with Gasteiger partial charge in [-0.15, -0.1) is 0 Å². The molecule has 2 aliphatic heterocycles. The molecule has 3 rings (SSSR count). The van der Waals surface area contributed by atoms with Crippen molar-refractivity contribution in [1.82, 2.24) is 0 Å². The predicted octanol–water partition coefficient (Wildman–Crippen LogP) is 5.82. The number of fused-ring (bicyclic) bond motifs is 1. The van der Waals surface area contributed by atoms with Gasteiger partial charge in [0.25, 0.3) is 0 Å². The average Bonchev–Trinajstić information content (AvgIpc) is 3.15. The standard InChI is InChI=1S/C24H40O4/c1-5-9-13-21(7-3)17-27-19(25)23(21)15-11-12-16-24(23)20(26)28-18-22(24,8-4)14-10-6-2/h5-18H2,1-4H3. The number of ether oxygens (including phenoxy) is 2. The minimum Gasteiger partial charge on any atom is -0.465 e. The van der Waals surface area contributed by atoms with E-state index in [1.54, 1.807) is 0 Å². The normalized spacial score (nSPS) is 40.3. The van der Waals surface area contributed by atoms with Crippen molar-refractivity contribution in [1.29, 1.82) is 0 Å². The average molecular weight is 393 g/mol. The van der Waals surface area contributed by atoms with Crippen molar-refractivity contribution in [3.05, 3.63) is 0 Å². The van der Waals surface area contributed by atoms with Crippen molar-refractivity contribution < 1.29 is 19.1 Å². The van der Waals surface area contributed by atoms with Gasteiger partial charge in [0, 0.05) is 10.8 Å². The topological polar surface area (TPSA) is 52.6 Å². The molecule has 3 fully saturated rings. The minimum absolute atomic E-state index is 0.0988. The van der Waals surface area contributed by atoms with Gasteiger partial charge in [-0.1, -0.05) is 66.2 Å². The van der Waals surface area contributed by atoms with E-state index < -0.39 is 10.8 Å². The zero-order valence-corrected chi connectivity index (χ0v) is 18.5. The second-order valence-corrected chi connectivity index (χ2v) is 9.64. The van der Waals surface area contributed by atoms with E-state index in [0.29, 0.717) is 13.2 Å². The van der Waals surface area contributed by atoms with E-state index in [0.717, 1.165) is 77.0 Å². The first-order valence-electron chi connectivity index (χ1n) is 11.8. The van der Waals surface area contributed by atoms with Gasteiger partial charge in [-0.3, -0.25) is 9.59 Å². The van der Waals surface area contributed by atoms with Crippen LogP contribution in [0.3, 0.4) is 0 Å². The molecule has 0 aromatic heterocycles. The molecule has 4 unspecified atom stereocenters. The molecule has 0 aromatic rings. The van der Waals surface area contributed by atoms with Crippen LogP contribution >= 0.6 is 0 Å². The Morgan fingerprint density at radius 3 is 1.43 bits per heavy atom. The number of hydrogen-bond acceptors (Lipinski definition) is 4. The van der Waals surface area contributed by atoms with Crippen LogP contribution in [0.2, 0.25) is 0 Å². The molecule has 4 nitrogen and oxygen atoms in total. The van der Waals surface area contributed by atoms with E-state index in [9.17, 15) is 9.59 Å². The highest BCUT2D eigenvalue weighted by Gasteiger charge is 2.80. The minimum atomic E-state index is -0.709. The lowest BCUT2D eigenvalue weighted by atomic mass is 9.38. The first kappa shape index (κ1) is 21.6. The smallest absolute Gasteiger partial charge is 0.313 e. The lowest BCUT2D eigenvalue weighted by Gasteiger charge is -2.59. The summed E-state index contributed by atoms with van der Waals surface area (Å²) in [4.78, 5) is 27.3. The van der Waals surface area contributed by atoms with Crippen molar-refractivity contribution in [3.63, 3.8) is 0 Å². The summed E-state index contributed by atoms with van der Waals surface area (Å²) in [6, 6.07) is 0. The fourth-order valence-corrected chi connectivity index (χ4v) is 7.29. The van der Waals surface area contributed by atoms with Gasteiger partial charge in [0.1, 0.15) is 0 Å². The summed E-state index contributed by atoms with van der Waals surface area (Å²) in [7, 11) is 0. The van der Waals surface area contributed by atoms with E-state index in [1.165, 1.54) is 0 Å². The highest BCUT2D eigenvalue weighted by molar-refractivity contribution is 5.93. The van der Waals surface area contributed by atoms with Crippen LogP contribution in [-0.2, 0) is 19.1 Å². The third kappa shape index (κ3) is 2.55. The molecule has 28 heavy (non-hydrogen) atoms. The van der Waals surface area contributed by atoms with Gasteiger partial charge in [0.2, 0.25) is 0 Å². The molecule has 0 amide bonds. The van der Waals surface area contributed by atoms with Gasteiger partial charge in [-0.05, 0) is 38.5 Å². The summed E-state index contributed by atoms with van der Waals surface area (Å²) in [5.74, 6) is -0.198. The number of carbonyl (C=O) groups is 2. The Morgan fingerprint density at radius 2 is 1.11 bits per heavy atom. The van der Waals surface area contributed by atoms with Crippen molar-refractivity contribution in [2.24, 2.45) is 21.7 Å². The van der Waals surface area contributed by atoms with Gasteiger partial charge in [0.15, 0.2) is 0 Å². The molecule has 2 heterocycles. The fraction of sp³-hybridized carbons (Fsp3) is 0.917. The number of hydrogen-bond donors (Lipinski definition) is 0. The summed E-state index contributed by atoms with van der Waals surface area (Å²) in [5, 5.41) is 0. The van der Waals surface area contributed by atoms with E-state index in [1.807, 2.05) is 0 Å². The van der Waals surface area contributed by atoms with Crippen LogP contribution in [0, 0.1) is 21.7 Å². The molecular formula is C24H40O4. The van der Waals surface area contributed by atoms with Gasteiger partial charge in [-0.25, -0.2) is 0 Å². The number of unbranched alkanes of at least 4 members (excludes halogenated alkanes) is 2. The van der Waals surface area contributed by atoms with Crippen LogP contribution in [-0.4, -0.2) is 25.2 Å². The highest BCUT2D eigenvalue weighted by Crippen LogP contribution is 2.74. The predicted molar refractivity (Wildman–Crippen MR) is 110 cm³/mol. The zero-order valence-electron chi connectivity index (χ0n) is 18.5. The molecule has 160 valence electrons. The van der Waals surface area contributed by atoms with E-state index in [2.05, 4.69) is 27.7 Å². The van der Waals surface area contributed by atoms with Crippen LogP contribution in [0.5, 0.6) is 0 Å². The lowest BCUT2D eigenvalue weighted by molar-refractivity contribution is -0.190. The van der Waals surface area contributed by atoms with E-state index in [4.69, 9.17) is 9.47 Å². The summed E-state index contributed by atoms with van der Waals surface area (Å²) >= 11 is 0. The van der Waals surface area contributed by atoms with E-state index in [-0.39, 0.29) is 22.8 Å². The van der Waals surface area contributed by atoms with Crippen LogP contribution < -0.4 is 0 Å². The summed E-state index contributed by atoms with van der Waals surface area (Å²) in [6.45, 7) is 9.75. The lowest BCUT2D eigenvalue weighted by Crippen LogP contribution is -2.64. The Labute approximate surface area is 171 Å². The first-order chi connectivity index (χ1) is 13.5. The Bertz CT molecular complexity index is 549. The molecule has 0 aromatic carbocycles. The van der Waals surface area contributed by atoms with Crippen molar-refractivity contribution in [3.8, 4) is 0 Å². The molecule has 1 saturated carbocycles. The SMILES string of the molecule is CCCCC1(CC)COC(=O)C12CCCCC21C(=O)OCC1(CC)CCCC. The van der Waals surface area contributed by atoms with Gasteiger partial charge in [-0.2, -0.15) is 0 Å². The Kier molecular flexibility index (Phi) is 6.18. The third-order valence-electron chi connectivity index (χ3n) is 8.92. The number of rotatable bonds is 8. The van der Waals surface area contributed by atoms with Gasteiger partial charge in [0.05, 0.1) is 24.0 Å². The molecular weight excluding hydrogens is 352 g/mol. The Hall–Kier alpha value is -1.06.